The summed E-state index contributed by atoms with van der Waals surface area (Å²) in [5, 5.41) is 14.7. The van der Waals surface area contributed by atoms with E-state index in [1.54, 1.807) is 5.38 Å². The van der Waals surface area contributed by atoms with Crippen LogP contribution in [0.1, 0.15) is 34.9 Å². The predicted molar refractivity (Wildman–Crippen MR) is 66.5 cm³/mol. The number of nitrogens with one attached hydrogen (secondary N) is 1. The molecule has 0 radical (unpaired) electrons. The van der Waals surface area contributed by atoms with E-state index in [1.165, 1.54) is 11.3 Å². The molecule has 0 bridgehead atoms. The minimum atomic E-state index is -0.942. The Hall–Kier alpha value is -0.980. The van der Waals surface area contributed by atoms with E-state index < -0.39 is 5.97 Å². The van der Waals surface area contributed by atoms with Crippen molar-refractivity contribution in [2.75, 3.05) is 26.2 Å². The minimum Gasteiger partial charge on any atom is -0.476 e. The van der Waals surface area contributed by atoms with Crippen molar-refractivity contribution < 1.29 is 9.90 Å². The number of carbonyl (C=O) groups is 1. The molecule has 17 heavy (non-hydrogen) atoms. The van der Waals surface area contributed by atoms with E-state index in [-0.39, 0.29) is 11.7 Å². The molecule has 1 fully saturated rings. The molecule has 1 atom stereocenters. The molecule has 5 nitrogen and oxygen atoms in total. The van der Waals surface area contributed by atoms with Crippen molar-refractivity contribution in [3.8, 4) is 0 Å². The van der Waals surface area contributed by atoms with Gasteiger partial charge in [-0.05, 0) is 6.42 Å². The topological polar surface area (TPSA) is 65.5 Å². The maximum Gasteiger partial charge on any atom is 0.355 e. The average Bonchev–Trinajstić information content (AvgIpc) is 2.81. The number of carboxylic acid groups (broad SMARTS) is 1. The van der Waals surface area contributed by atoms with Gasteiger partial charge in [0.1, 0.15) is 5.01 Å². The van der Waals surface area contributed by atoms with Crippen molar-refractivity contribution >= 4 is 17.3 Å². The highest BCUT2D eigenvalue weighted by molar-refractivity contribution is 7.09. The molecule has 2 N–H and O–H groups in total. The number of carboxylic acids is 1. The highest BCUT2D eigenvalue weighted by Gasteiger charge is 2.23. The highest BCUT2D eigenvalue weighted by atomic mass is 32.1. The lowest BCUT2D eigenvalue weighted by atomic mass is 10.2. The second-order valence-corrected chi connectivity index (χ2v) is 4.98. The molecule has 0 aromatic carbocycles. The second-order valence-electron chi connectivity index (χ2n) is 4.09. The fraction of sp³-hybridized carbons (Fsp3) is 0.636. The molecule has 0 aliphatic carbocycles. The molecule has 1 saturated heterocycles. The van der Waals surface area contributed by atoms with E-state index in [9.17, 15) is 4.79 Å². The summed E-state index contributed by atoms with van der Waals surface area (Å²) < 4.78 is 0. The van der Waals surface area contributed by atoms with Crippen LogP contribution < -0.4 is 5.32 Å². The van der Waals surface area contributed by atoms with Gasteiger partial charge in [0.05, 0.1) is 6.04 Å². The number of hydrogen-bond acceptors (Lipinski definition) is 5. The number of hydrogen-bond donors (Lipinski definition) is 2. The molecular formula is C11H17N3O2S. The van der Waals surface area contributed by atoms with Gasteiger partial charge in [-0.1, -0.05) is 6.92 Å². The third kappa shape index (κ3) is 2.83. The van der Waals surface area contributed by atoms with Gasteiger partial charge < -0.3 is 10.4 Å². The first kappa shape index (κ1) is 12.5. The van der Waals surface area contributed by atoms with Crippen molar-refractivity contribution in [3.63, 3.8) is 0 Å². The number of rotatable bonds is 4. The van der Waals surface area contributed by atoms with Gasteiger partial charge in [0.2, 0.25) is 0 Å². The summed E-state index contributed by atoms with van der Waals surface area (Å²) in [6.07, 6.45) is 0.965. The normalized spacial score (nSPS) is 19.1. The summed E-state index contributed by atoms with van der Waals surface area (Å²) in [7, 11) is 0. The zero-order valence-corrected chi connectivity index (χ0v) is 10.7. The lowest BCUT2D eigenvalue weighted by Crippen LogP contribution is -2.45. The molecule has 94 valence electrons. The van der Waals surface area contributed by atoms with Crippen LogP contribution in [0.3, 0.4) is 0 Å². The smallest absolute Gasteiger partial charge is 0.355 e. The molecule has 2 rings (SSSR count). The van der Waals surface area contributed by atoms with Crippen molar-refractivity contribution in [2.24, 2.45) is 0 Å². The first-order chi connectivity index (χ1) is 8.22. The first-order valence-corrected chi connectivity index (χ1v) is 6.73. The predicted octanol–water partition coefficient (Wildman–Crippen LogP) is 1.20. The van der Waals surface area contributed by atoms with Gasteiger partial charge in [-0.2, -0.15) is 0 Å². The van der Waals surface area contributed by atoms with Gasteiger partial charge in [-0.15, -0.1) is 11.3 Å². The lowest BCUT2D eigenvalue weighted by molar-refractivity contribution is 0.0690. The van der Waals surface area contributed by atoms with Gasteiger partial charge in [-0.25, -0.2) is 9.78 Å². The van der Waals surface area contributed by atoms with Crippen LogP contribution in [0.5, 0.6) is 0 Å². The van der Waals surface area contributed by atoms with Crippen LogP contribution >= 0.6 is 11.3 Å². The molecule has 2 heterocycles. The molecule has 1 aliphatic heterocycles. The van der Waals surface area contributed by atoms with Gasteiger partial charge in [0, 0.05) is 31.6 Å². The summed E-state index contributed by atoms with van der Waals surface area (Å²) in [6.45, 7) is 6.11. The molecule has 0 saturated carbocycles. The van der Waals surface area contributed by atoms with Crippen molar-refractivity contribution in [1.29, 1.82) is 0 Å². The number of thiazole rings is 1. The van der Waals surface area contributed by atoms with E-state index >= 15 is 0 Å². The third-order valence-corrected chi connectivity index (χ3v) is 3.95. The van der Waals surface area contributed by atoms with Crippen LogP contribution in [-0.4, -0.2) is 47.1 Å². The number of nitrogens with zero attached hydrogens (tertiary/aromatic N) is 2. The molecular weight excluding hydrogens is 238 g/mol. The van der Waals surface area contributed by atoms with E-state index in [0.717, 1.165) is 37.6 Å². The number of piperazine rings is 1. The van der Waals surface area contributed by atoms with Crippen LogP contribution in [0.15, 0.2) is 5.38 Å². The summed E-state index contributed by atoms with van der Waals surface area (Å²) in [6, 6.07) is 0.259. The Bertz CT molecular complexity index is 388. The summed E-state index contributed by atoms with van der Waals surface area (Å²) in [4.78, 5) is 17.4. The zero-order valence-electron chi connectivity index (χ0n) is 9.85. The molecule has 1 aliphatic rings. The molecule has 1 aromatic heterocycles. The van der Waals surface area contributed by atoms with Gasteiger partial charge in [0.15, 0.2) is 5.69 Å². The molecule has 6 heteroatoms. The van der Waals surface area contributed by atoms with Crippen molar-refractivity contribution in [1.82, 2.24) is 15.2 Å². The Morgan fingerprint density at radius 3 is 2.88 bits per heavy atom. The van der Waals surface area contributed by atoms with Crippen LogP contribution in [0.4, 0.5) is 0 Å². The molecule has 1 unspecified atom stereocenters. The quantitative estimate of drug-likeness (QED) is 0.846. The highest BCUT2D eigenvalue weighted by Crippen LogP contribution is 2.27. The number of aromatic nitrogens is 1. The minimum absolute atomic E-state index is 0.165. The summed E-state index contributed by atoms with van der Waals surface area (Å²) in [5.74, 6) is -0.942. The fourth-order valence-corrected chi connectivity index (χ4v) is 3.13. The standard InChI is InChI=1S/C11H17N3O2S/c1-2-9(14-5-3-12-4-6-14)10-13-8(7-17-10)11(15)16/h7,9,12H,2-6H2,1H3,(H,15,16). The van der Waals surface area contributed by atoms with Gasteiger partial charge in [-0.3, -0.25) is 4.90 Å². The molecule has 0 spiro atoms. The third-order valence-electron chi connectivity index (χ3n) is 3.01. The summed E-state index contributed by atoms with van der Waals surface area (Å²) in [5.41, 5.74) is 0.165. The van der Waals surface area contributed by atoms with E-state index in [0.29, 0.717) is 0 Å². The first-order valence-electron chi connectivity index (χ1n) is 5.86. The van der Waals surface area contributed by atoms with E-state index in [1.807, 2.05) is 0 Å². The summed E-state index contributed by atoms with van der Waals surface area (Å²) >= 11 is 1.45. The molecule has 0 amide bonds. The van der Waals surface area contributed by atoms with Crippen LogP contribution in [-0.2, 0) is 0 Å². The Kier molecular flexibility index (Phi) is 4.09. The Morgan fingerprint density at radius 2 is 2.35 bits per heavy atom. The zero-order chi connectivity index (χ0) is 12.3. The van der Waals surface area contributed by atoms with Crippen molar-refractivity contribution in [3.05, 3.63) is 16.1 Å². The largest absolute Gasteiger partial charge is 0.476 e. The Balaban J connectivity index is 2.12. The average molecular weight is 255 g/mol. The van der Waals surface area contributed by atoms with Crippen LogP contribution in [0.25, 0.3) is 0 Å². The SMILES string of the molecule is CCC(c1nc(C(=O)O)cs1)N1CCNCC1. The van der Waals surface area contributed by atoms with Crippen molar-refractivity contribution in [2.45, 2.75) is 19.4 Å². The molecule has 1 aromatic rings. The number of aromatic carboxylic acids is 1. The van der Waals surface area contributed by atoms with Gasteiger partial charge in [0.25, 0.3) is 0 Å². The van der Waals surface area contributed by atoms with Gasteiger partial charge >= 0.3 is 5.97 Å². The maximum atomic E-state index is 10.8. The Labute approximate surface area is 104 Å². The lowest BCUT2D eigenvalue weighted by Gasteiger charge is -2.33. The second kappa shape index (κ2) is 5.57. The van der Waals surface area contributed by atoms with E-state index in [2.05, 4.69) is 22.1 Å². The fourth-order valence-electron chi connectivity index (χ4n) is 2.12. The monoisotopic (exact) mass is 255 g/mol. The van der Waals surface area contributed by atoms with Crippen LogP contribution in [0, 0.1) is 0 Å². The van der Waals surface area contributed by atoms with Crippen LogP contribution in [0.2, 0.25) is 0 Å². The van der Waals surface area contributed by atoms with E-state index in [4.69, 9.17) is 5.11 Å². The Morgan fingerprint density at radius 1 is 1.65 bits per heavy atom. The maximum absolute atomic E-state index is 10.8.